The van der Waals surface area contributed by atoms with E-state index in [9.17, 15) is 4.79 Å². The monoisotopic (exact) mass is 276 g/mol. The van der Waals surface area contributed by atoms with Gasteiger partial charge in [-0.15, -0.1) is 5.10 Å². The Hall–Kier alpha value is -2.41. The minimum Gasteiger partial charge on any atom is -0.497 e. The van der Waals surface area contributed by atoms with Crippen LogP contribution >= 0.6 is 0 Å². The average Bonchev–Trinajstić information content (AvgIpc) is 2.93. The van der Waals surface area contributed by atoms with E-state index in [4.69, 9.17) is 9.84 Å². The van der Waals surface area contributed by atoms with E-state index in [0.29, 0.717) is 13.1 Å². The quantitative estimate of drug-likeness (QED) is 0.726. The van der Waals surface area contributed by atoms with Gasteiger partial charge in [-0.2, -0.15) is 0 Å². The number of hydrogen-bond donors (Lipinski definition) is 2. The third kappa shape index (κ3) is 3.79. The lowest BCUT2D eigenvalue weighted by molar-refractivity contribution is 0.0690. The molecule has 0 fully saturated rings. The van der Waals surface area contributed by atoms with Crippen LogP contribution in [0.15, 0.2) is 30.5 Å². The Morgan fingerprint density at radius 2 is 2.15 bits per heavy atom. The molecule has 0 saturated carbocycles. The van der Waals surface area contributed by atoms with Gasteiger partial charge in [0.25, 0.3) is 0 Å². The van der Waals surface area contributed by atoms with E-state index in [1.807, 2.05) is 24.3 Å². The lowest BCUT2D eigenvalue weighted by Gasteiger charge is -2.05. The van der Waals surface area contributed by atoms with E-state index in [2.05, 4.69) is 15.6 Å². The Morgan fingerprint density at radius 1 is 1.40 bits per heavy atom. The SMILES string of the molecule is COc1ccc(CNCCn2cc(C(=O)O)nn2)cc1. The molecule has 0 amide bonds. The molecule has 0 aliphatic rings. The summed E-state index contributed by atoms with van der Waals surface area (Å²) in [5, 5.41) is 19.2. The van der Waals surface area contributed by atoms with Crippen molar-refractivity contribution >= 4 is 5.97 Å². The van der Waals surface area contributed by atoms with Crippen molar-refractivity contribution in [2.24, 2.45) is 0 Å². The topological polar surface area (TPSA) is 89.3 Å². The van der Waals surface area contributed by atoms with Crippen LogP contribution in [0.2, 0.25) is 0 Å². The predicted octanol–water partition coefficient (Wildman–Crippen LogP) is 0.775. The second-order valence-electron chi connectivity index (χ2n) is 4.20. The van der Waals surface area contributed by atoms with E-state index in [-0.39, 0.29) is 5.69 Å². The summed E-state index contributed by atoms with van der Waals surface area (Å²) in [5.41, 5.74) is 1.11. The van der Waals surface area contributed by atoms with Crippen LogP contribution in [0.4, 0.5) is 0 Å². The number of ether oxygens (including phenoxy) is 1. The van der Waals surface area contributed by atoms with Gasteiger partial charge in [-0.25, -0.2) is 4.79 Å². The van der Waals surface area contributed by atoms with Crippen molar-refractivity contribution in [3.63, 3.8) is 0 Å². The number of aromatic carboxylic acids is 1. The Kier molecular flexibility index (Phi) is 4.67. The number of benzene rings is 1. The summed E-state index contributed by atoms with van der Waals surface area (Å²) in [7, 11) is 1.64. The molecule has 0 aliphatic heterocycles. The average molecular weight is 276 g/mol. The summed E-state index contributed by atoms with van der Waals surface area (Å²) in [5.74, 6) is -0.236. The zero-order valence-electron chi connectivity index (χ0n) is 11.1. The maximum Gasteiger partial charge on any atom is 0.358 e. The Morgan fingerprint density at radius 3 is 2.75 bits per heavy atom. The normalized spacial score (nSPS) is 10.4. The molecule has 1 aromatic carbocycles. The van der Waals surface area contributed by atoms with Crippen LogP contribution in [0.3, 0.4) is 0 Å². The molecular weight excluding hydrogens is 260 g/mol. The van der Waals surface area contributed by atoms with Gasteiger partial charge < -0.3 is 15.2 Å². The highest BCUT2D eigenvalue weighted by molar-refractivity contribution is 5.84. The van der Waals surface area contributed by atoms with E-state index in [1.54, 1.807) is 7.11 Å². The number of aromatic nitrogens is 3. The number of carboxylic acids is 1. The lowest BCUT2D eigenvalue weighted by Crippen LogP contribution is -2.19. The summed E-state index contributed by atoms with van der Waals surface area (Å²) in [6.07, 6.45) is 1.41. The predicted molar refractivity (Wildman–Crippen MR) is 71.7 cm³/mol. The second-order valence-corrected chi connectivity index (χ2v) is 4.20. The molecule has 0 saturated heterocycles. The molecule has 2 aromatic rings. The number of nitrogens with zero attached hydrogens (tertiary/aromatic N) is 3. The van der Waals surface area contributed by atoms with Crippen molar-refractivity contribution in [1.82, 2.24) is 20.3 Å². The fourth-order valence-corrected chi connectivity index (χ4v) is 1.68. The standard InChI is InChI=1S/C13H16N4O3/c1-20-11-4-2-10(3-5-11)8-14-6-7-17-9-12(13(18)19)15-16-17/h2-5,9,14H,6-8H2,1H3,(H,18,19). The number of carboxylic acid groups (broad SMARTS) is 1. The zero-order chi connectivity index (χ0) is 14.4. The zero-order valence-corrected chi connectivity index (χ0v) is 11.1. The molecule has 1 aromatic heterocycles. The molecule has 0 spiro atoms. The lowest BCUT2D eigenvalue weighted by atomic mass is 10.2. The van der Waals surface area contributed by atoms with E-state index in [1.165, 1.54) is 10.9 Å². The van der Waals surface area contributed by atoms with Crippen molar-refractivity contribution in [2.45, 2.75) is 13.1 Å². The minimum atomic E-state index is -1.07. The van der Waals surface area contributed by atoms with Crippen LogP contribution in [0, 0.1) is 0 Å². The first-order valence-corrected chi connectivity index (χ1v) is 6.16. The summed E-state index contributed by atoms with van der Waals surface area (Å²) in [6, 6.07) is 7.80. The van der Waals surface area contributed by atoms with Crippen LogP contribution in [-0.2, 0) is 13.1 Å². The maximum atomic E-state index is 10.6. The molecule has 0 radical (unpaired) electrons. The van der Waals surface area contributed by atoms with E-state index < -0.39 is 5.97 Å². The molecule has 0 unspecified atom stereocenters. The van der Waals surface area contributed by atoms with Gasteiger partial charge in [-0.3, -0.25) is 4.68 Å². The third-order valence-corrected chi connectivity index (χ3v) is 2.76. The van der Waals surface area contributed by atoms with Crippen LogP contribution in [0.5, 0.6) is 5.75 Å². The molecule has 2 N–H and O–H groups in total. The number of methoxy groups -OCH3 is 1. The Bertz CT molecular complexity index is 565. The van der Waals surface area contributed by atoms with E-state index >= 15 is 0 Å². The van der Waals surface area contributed by atoms with Crippen molar-refractivity contribution in [1.29, 1.82) is 0 Å². The number of hydrogen-bond acceptors (Lipinski definition) is 5. The van der Waals surface area contributed by atoms with Gasteiger partial charge in [-0.05, 0) is 17.7 Å². The number of rotatable bonds is 7. The smallest absolute Gasteiger partial charge is 0.358 e. The Labute approximate surface area is 116 Å². The summed E-state index contributed by atoms with van der Waals surface area (Å²) < 4.78 is 6.59. The second kappa shape index (κ2) is 6.67. The molecule has 0 bridgehead atoms. The summed E-state index contributed by atoms with van der Waals surface area (Å²) in [6.45, 7) is 1.97. The maximum absolute atomic E-state index is 10.6. The summed E-state index contributed by atoms with van der Waals surface area (Å²) in [4.78, 5) is 10.6. The van der Waals surface area contributed by atoms with Gasteiger partial charge in [0.05, 0.1) is 19.9 Å². The Balaban J connectivity index is 1.73. The fourth-order valence-electron chi connectivity index (χ4n) is 1.68. The number of nitrogens with one attached hydrogen (secondary N) is 1. The molecule has 20 heavy (non-hydrogen) atoms. The van der Waals surface area contributed by atoms with Crippen molar-refractivity contribution < 1.29 is 14.6 Å². The van der Waals surface area contributed by atoms with Gasteiger partial charge >= 0.3 is 5.97 Å². The fraction of sp³-hybridized carbons (Fsp3) is 0.308. The van der Waals surface area contributed by atoms with Gasteiger partial charge in [0.15, 0.2) is 5.69 Å². The van der Waals surface area contributed by atoms with Crippen molar-refractivity contribution in [3.05, 3.63) is 41.7 Å². The molecule has 1 heterocycles. The first-order valence-electron chi connectivity index (χ1n) is 6.16. The highest BCUT2D eigenvalue weighted by atomic mass is 16.5. The van der Waals surface area contributed by atoms with Gasteiger partial charge in [0.2, 0.25) is 0 Å². The van der Waals surface area contributed by atoms with Crippen LogP contribution in [-0.4, -0.2) is 39.7 Å². The molecule has 106 valence electrons. The van der Waals surface area contributed by atoms with Crippen LogP contribution < -0.4 is 10.1 Å². The van der Waals surface area contributed by atoms with Crippen molar-refractivity contribution in [2.75, 3.05) is 13.7 Å². The summed E-state index contributed by atoms with van der Waals surface area (Å²) >= 11 is 0. The van der Waals surface area contributed by atoms with Gasteiger partial charge in [-0.1, -0.05) is 17.3 Å². The van der Waals surface area contributed by atoms with Crippen LogP contribution in [0.1, 0.15) is 16.1 Å². The van der Waals surface area contributed by atoms with Crippen LogP contribution in [0.25, 0.3) is 0 Å². The third-order valence-electron chi connectivity index (χ3n) is 2.76. The van der Waals surface area contributed by atoms with Crippen molar-refractivity contribution in [3.8, 4) is 5.75 Å². The molecule has 7 nitrogen and oxygen atoms in total. The molecule has 2 rings (SSSR count). The molecule has 0 aliphatic carbocycles. The highest BCUT2D eigenvalue weighted by Gasteiger charge is 2.07. The molecule has 0 atom stereocenters. The first-order chi connectivity index (χ1) is 9.69. The minimum absolute atomic E-state index is 0.0415. The molecule has 7 heteroatoms. The largest absolute Gasteiger partial charge is 0.497 e. The van der Waals surface area contributed by atoms with Gasteiger partial charge in [0.1, 0.15) is 5.75 Å². The van der Waals surface area contributed by atoms with Gasteiger partial charge in [0, 0.05) is 13.1 Å². The van der Waals surface area contributed by atoms with E-state index in [0.717, 1.165) is 17.9 Å². The molecular formula is C13H16N4O3. The number of carbonyl (C=O) groups is 1. The highest BCUT2D eigenvalue weighted by Crippen LogP contribution is 2.10. The first kappa shape index (κ1) is 14.0.